The maximum atomic E-state index is 13.2. The van der Waals surface area contributed by atoms with Gasteiger partial charge >= 0.3 is 0 Å². The van der Waals surface area contributed by atoms with Gasteiger partial charge in [0.05, 0.1) is 0 Å². The molecule has 1 atom stereocenters. The Bertz CT molecular complexity index is 572. The number of likely N-dealkylation sites (N-methyl/N-ethyl adjacent to an activating group) is 1. The van der Waals surface area contributed by atoms with E-state index in [2.05, 4.69) is 5.32 Å². The minimum absolute atomic E-state index is 0.0881. The monoisotopic (exact) mass is 281 g/mol. The highest BCUT2D eigenvalue weighted by molar-refractivity contribution is 6.31. The molecule has 0 aliphatic carbocycles. The summed E-state index contributed by atoms with van der Waals surface area (Å²) in [5.41, 5.74) is 1.66. The van der Waals surface area contributed by atoms with Gasteiger partial charge in [-0.3, -0.25) is 0 Å². The Morgan fingerprint density at radius 2 is 1.84 bits per heavy atom. The van der Waals surface area contributed by atoms with Gasteiger partial charge in [0.1, 0.15) is 11.6 Å². The fourth-order valence-corrected chi connectivity index (χ4v) is 2.35. The Morgan fingerprint density at radius 1 is 1.11 bits per heavy atom. The smallest absolute Gasteiger partial charge is 0.124 e. The molecule has 0 aromatic heterocycles. The molecule has 0 aliphatic heterocycles. The molecule has 100 valence electrons. The van der Waals surface area contributed by atoms with Gasteiger partial charge in [-0.2, -0.15) is 0 Å². The van der Waals surface area contributed by atoms with Gasteiger partial charge in [-0.05, 0) is 48.9 Å². The zero-order valence-corrected chi connectivity index (χ0v) is 11.2. The minimum Gasteiger partial charge on any atom is -0.313 e. The first-order valence-electron chi connectivity index (χ1n) is 5.97. The van der Waals surface area contributed by atoms with Crippen LogP contribution in [0.25, 0.3) is 0 Å². The zero-order chi connectivity index (χ0) is 13.8. The highest BCUT2D eigenvalue weighted by atomic mass is 35.5. The molecule has 0 amide bonds. The number of halogens is 3. The van der Waals surface area contributed by atoms with Crippen LogP contribution in [0.3, 0.4) is 0 Å². The van der Waals surface area contributed by atoms with E-state index >= 15 is 0 Å². The molecule has 1 unspecified atom stereocenters. The highest BCUT2D eigenvalue weighted by Gasteiger charge is 2.14. The Balaban J connectivity index is 2.25. The molecule has 2 rings (SSSR count). The number of hydrogen-bond donors (Lipinski definition) is 1. The van der Waals surface area contributed by atoms with Gasteiger partial charge in [0, 0.05) is 11.1 Å². The van der Waals surface area contributed by atoms with Crippen molar-refractivity contribution in [1.29, 1.82) is 0 Å². The van der Waals surface area contributed by atoms with Crippen LogP contribution >= 0.6 is 11.6 Å². The number of benzene rings is 2. The fourth-order valence-electron chi connectivity index (χ4n) is 2.05. The molecule has 4 heteroatoms. The second kappa shape index (κ2) is 6.13. The normalized spacial score (nSPS) is 12.4. The van der Waals surface area contributed by atoms with Crippen molar-refractivity contribution in [2.75, 3.05) is 7.05 Å². The summed E-state index contributed by atoms with van der Waals surface area (Å²) in [4.78, 5) is 0. The van der Waals surface area contributed by atoms with Crippen molar-refractivity contribution >= 4 is 11.6 Å². The van der Waals surface area contributed by atoms with Gasteiger partial charge < -0.3 is 5.32 Å². The lowest BCUT2D eigenvalue weighted by molar-refractivity contribution is 0.580. The Morgan fingerprint density at radius 3 is 2.47 bits per heavy atom. The van der Waals surface area contributed by atoms with Gasteiger partial charge in [-0.15, -0.1) is 0 Å². The molecule has 0 saturated heterocycles. The van der Waals surface area contributed by atoms with E-state index in [1.807, 2.05) is 6.07 Å². The van der Waals surface area contributed by atoms with E-state index in [0.717, 1.165) is 11.1 Å². The third-order valence-electron chi connectivity index (χ3n) is 3.02. The van der Waals surface area contributed by atoms with Crippen molar-refractivity contribution in [2.24, 2.45) is 0 Å². The standard InChI is InChI=1S/C15H14ClF2N/c1-19-15(8-10-3-2-4-11(17)7-10)13-6-5-12(18)9-14(13)16/h2-7,9,15,19H,8H2,1H3. The van der Waals surface area contributed by atoms with Gasteiger partial charge in [-0.25, -0.2) is 8.78 Å². The molecule has 0 bridgehead atoms. The molecule has 1 N–H and O–H groups in total. The molecule has 0 aliphatic rings. The van der Waals surface area contributed by atoms with Crippen LogP contribution in [0.15, 0.2) is 42.5 Å². The molecule has 19 heavy (non-hydrogen) atoms. The van der Waals surface area contributed by atoms with Gasteiger partial charge in [0.25, 0.3) is 0 Å². The third kappa shape index (κ3) is 3.52. The third-order valence-corrected chi connectivity index (χ3v) is 3.34. The molecule has 1 nitrogen and oxygen atoms in total. The van der Waals surface area contributed by atoms with E-state index in [-0.39, 0.29) is 17.7 Å². The molecule has 2 aromatic carbocycles. The Kier molecular flexibility index (Phi) is 4.51. The van der Waals surface area contributed by atoms with Gasteiger partial charge in [0.2, 0.25) is 0 Å². The molecular formula is C15H14ClF2N. The molecule has 2 aromatic rings. The van der Waals surface area contributed by atoms with E-state index in [9.17, 15) is 8.78 Å². The first-order valence-corrected chi connectivity index (χ1v) is 6.34. The fraction of sp³-hybridized carbons (Fsp3) is 0.200. The van der Waals surface area contributed by atoms with Crippen molar-refractivity contribution in [3.63, 3.8) is 0 Å². The lowest BCUT2D eigenvalue weighted by Gasteiger charge is -2.18. The van der Waals surface area contributed by atoms with Crippen LogP contribution in [0.1, 0.15) is 17.2 Å². The van der Waals surface area contributed by atoms with Crippen molar-refractivity contribution in [1.82, 2.24) is 5.32 Å². The predicted molar refractivity (Wildman–Crippen MR) is 73.3 cm³/mol. The average Bonchev–Trinajstić information content (AvgIpc) is 2.37. The summed E-state index contributed by atoms with van der Waals surface area (Å²) in [6.45, 7) is 0. The molecular weight excluding hydrogens is 268 g/mol. The number of rotatable bonds is 4. The first-order chi connectivity index (χ1) is 9.10. The summed E-state index contributed by atoms with van der Waals surface area (Å²) < 4.78 is 26.2. The topological polar surface area (TPSA) is 12.0 Å². The number of nitrogens with one attached hydrogen (secondary N) is 1. The quantitative estimate of drug-likeness (QED) is 0.889. The largest absolute Gasteiger partial charge is 0.313 e. The van der Waals surface area contributed by atoms with Crippen molar-refractivity contribution < 1.29 is 8.78 Å². The van der Waals surface area contributed by atoms with Crippen LogP contribution in [0.2, 0.25) is 5.02 Å². The van der Waals surface area contributed by atoms with Crippen LogP contribution in [0.4, 0.5) is 8.78 Å². The van der Waals surface area contributed by atoms with Crippen LogP contribution in [0.5, 0.6) is 0 Å². The SMILES string of the molecule is CNC(Cc1cccc(F)c1)c1ccc(F)cc1Cl. The summed E-state index contributed by atoms with van der Waals surface area (Å²) in [6.07, 6.45) is 0.583. The highest BCUT2D eigenvalue weighted by Crippen LogP contribution is 2.26. The van der Waals surface area contributed by atoms with Crippen molar-refractivity contribution in [2.45, 2.75) is 12.5 Å². The summed E-state index contributed by atoms with van der Waals surface area (Å²) in [6, 6.07) is 10.6. The van der Waals surface area contributed by atoms with Crippen LogP contribution in [-0.4, -0.2) is 7.05 Å². The minimum atomic E-state index is -0.366. The van der Waals surface area contributed by atoms with Crippen LogP contribution in [0, 0.1) is 11.6 Å². The molecule has 0 fully saturated rings. The average molecular weight is 282 g/mol. The summed E-state index contributed by atoms with van der Waals surface area (Å²) in [7, 11) is 1.80. The molecule has 0 heterocycles. The van der Waals surface area contributed by atoms with Crippen LogP contribution in [-0.2, 0) is 6.42 Å². The van der Waals surface area contributed by atoms with Crippen molar-refractivity contribution in [3.05, 3.63) is 70.2 Å². The van der Waals surface area contributed by atoms with E-state index in [0.29, 0.717) is 11.4 Å². The maximum Gasteiger partial charge on any atom is 0.124 e. The molecule has 0 spiro atoms. The Labute approximate surface area is 116 Å². The van der Waals surface area contributed by atoms with E-state index < -0.39 is 0 Å². The molecule has 0 saturated carbocycles. The lowest BCUT2D eigenvalue weighted by Crippen LogP contribution is -2.19. The van der Waals surface area contributed by atoms with Crippen molar-refractivity contribution in [3.8, 4) is 0 Å². The summed E-state index contributed by atoms with van der Waals surface area (Å²) >= 11 is 6.05. The van der Waals surface area contributed by atoms with Gasteiger partial charge in [0.15, 0.2) is 0 Å². The van der Waals surface area contributed by atoms with Gasteiger partial charge in [-0.1, -0.05) is 29.8 Å². The summed E-state index contributed by atoms with van der Waals surface area (Å²) in [5, 5.41) is 3.49. The maximum absolute atomic E-state index is 13.2. The summed E-state index contributed by atoms with van der Waals surface area (Å²) in [5.74, 6) is -0.632. The van der Waals surface area contributed by atoms with Crippen LogP contribution < -0.4 is 5.32 Å². The first kappa shape index (κ1) is 14.0. The second-order valence-corrected chi connectivity index (χ2v) is 4.75. The lowest BCUT2D eigenvalue weighted by atomic mass is 9.99. The van der Waals surface area contributed by atoms with E-state index in [1.165, 1.54) is 24.3 Å². The molecule has 0 radical (unpaired) electrons. The zero-order valence-electron chi connectivity index (χ0n) is 10.5. The predicted octanol–water partition coefficient (Wildman–Crippen LogP) is 4.12. The second-order valence-electron chi connectivity index (χ2n) is 4.34. The Hall–Kier alpha value is -1.45. The van der Waals surface area contributed by atoms with E-state index in [4.69, 9.17) is 11.6 Å². The van der Waals surface area contributed by atoms with E-state index in [1.54, 1.807) is 19.2 Å². The number of hydrogen-bond acceptors (Lipinski definition) is 1.